The van der Waals surface area contributed by atoms with Gasteiger partial charge < -0.3 is 15.0 Å². The van der Waals surface area contributed by atoms with Gasteiger partial charge in [0.1, 0.15) is 0 Å². The second-order valence-electron chi connectivity index (χ2n) is 6.04. The number of likely N-dealkylation sites (tertiary alicyclic amines) is 1. The number of hydrogen-bond donors (Lipinski definition) is 1. The van der Waals surface area contributed by atoms with E-state index >= 15 is 0 Å². The van der Waals surface area contributed by atoms with Crippen molar-refractivity contribution in [3.8, 4) is 0 Å². The molecule has 0 radical (unpaired) electrons. The van der Waals surface area contributed by atoms with Gasteiger partial charge in [0.05, 0.1) is 6.10 Å². The smallest absolute Gasteiger partial charge is 0.0726 e. The molecule has 3 nitrogen and oxygen atoms in total. The van der Waals surface area contributed by atoms with E-state index < -0.39 is 0 Å². The number of nitrogens with zero attached hydrogens (tertiary/aromatic N) is 1. The van der Waals surface area contributed by atoms with Crippen LogP contribution in [0.3, 0.4) is 0 Å². The molecule has 2 fully saturated rings. The van der Waals surface area contributed by atoms with E-state index in [-0.39, 0.29) is 0 Å². The van der Waals surface area contributed by atoms with Crippen LogP contribution >= 0.6 is 0 Å². The number of nitrogens with one attached hydrogen (secondary N) is 1. The normalized spacial score (nSPS) is 31.0. The number of hydrogen-bond acceptors (Lipinski definition) is 3. The average molecular weight is 254 g/mol. The first kappa shape index (κ1) is 14.3. The van der Waals surface area contributed by atoms with Gasteiger partial charge in [0, 0.05) is 32.3 Å². The standard InChI is InChI=1S/C15H30N2O/c1-3-5-14-7-9-17(12-14)10-8-16-13(2)15-6-4-11-18-15/h13-16H,3-12H2,1-2H3. The topological polar surface area (TPSA) is 24.5 Å². The minimum atomic E-state index is 0.455. The van der Waals surface area contributed by atoms with Gasteiger partial charge in [-0.1, -0.05) is 13.3 Å². The Balaban J connectivity index is 1.55. The SMILES string of the molecule is CCCC1CCN(CCNC(C)C2CCCO2)C1. The van der Waals surface area contributed by atoms with Crippen molar-refractivity contribution in [3.63, 3.8) is 0 Å². The summed E-state index contributed by atoms with van der Waals surface area (Å²) in [7, 11) is 0. The van der Waals surface area contributed by atoms with Gasteiger partial charge in [0.15, 0.2) is 0 Å². The summed E-state index contributed by atoms with van der Waals surface area (Å²) in [6, 6.07) is 0.515. The Hall–Kier alpha value is -0.120. The lowest BCUT2D eigenvalue weighted by atomic mass is 10.0. The largest absolute Gasteiger partial charge is 0.377 e. The van der Waals surface area contributed by atoms with Crippen LogP contribution in [0, 0.1) is 5.92 Å². The summed E-state index contributed by atoms with van der Waals surface area (Å²) >= 11 is 0. The lowest BCUT2D eigenvalue weighted by Gasteiger charge is -2.22. The maximum Gasteiger partial charge on any atom is 0.0726 e. The molecule has 0 aromatic carbocycles. The summed E-state index contributed by atoms with van der Waals surface area (Å²) in [4.78, 5) is 2.62. The first-order valence-electron chi connectivity index (χ1n) is 7.87. The Bertz CT molecular complexity index is 229. The molecule has 1 N–H and O–H groups in total. The molecule has 2 heterocycles. The van der Waals surface area contributed by atoms with Gasteiger partial charge in [-0.25, -0.2) is 0 Å². The minimum absolute atomic E-state index is 0.455. The van der Waals surface area contributed by atoms with Crippen molar-refractivity contribution in [2.75, 3.05) is 32.8 Å². The van der Waals surface area contributed by atoms with Crippen LogP contribution in [0.5, 0.6) is 0 Å². The van der Waals surface area contributed by atoms with Crippen LogP contribution < -0.4 is 5.32 Å². The van der Waals surface area contributed by atoms with Gasteiger partial charge >= 0.3 is 0 Å². The van der Waals surface area contributed by atoms with Crippen LogP contribution in [-0.4, -0.2) is 49.8 Å². The summed E-state index contributed by atoms with van der Waals surface area (Å²) in [6.45, 7) is 10.5. The van der Waals surface area contributed by atoms with Gasteiger partial charge in [-0.05, 0) is 45.1 Å². The summed E-state index contributed by atoms with van der Waals surface area (Å²) in [5.74, 6) is 0.964. The first-order valence-corrected chi connectivity index (χ1v) is 7.87. The van der Waals surface area contributed by atoms with Crippen molar-refractivity contribution < 1.29 is 4.74 Å². The maximum absolute atomic E-state index is 5.71. The first-order chi connectivity index (χ1) is 8.79. The molecule has 0 aromatic rings. The van der Waals surface area contributed by atoms with Crippen molar-refractivity contribution >= 4 is 0 Å². The monoisotopic (exact) mass is 254 g/mol. The molecule has 0 spiro atoms. The third kappa shape index (κ3) is 4.22. The Kier molecular flexibility index (Phi) is 5.93. The van der Waals surface area contributed by atoms with Crippen molar-refractivity contribution in [3.05, 3.63) is 0 Å². The Morgan fingerprint density at radius 3 is 3.00 bits per heavy atom. The third-order valence-electron chi connectivity index (χ3n) is 4.48. The highest BCUT2D eigenvalue weighted by molar-refractivity contribution is 4.79. The van der Waals surface area contributed by atoms with E-state index in [9.17, 15) is 0 Å². The number of rotatable bonds is 7. The Labute approximate surface area is 112 Å². The molecule has 2 rings (SSSR count). The highest BCUT2D eigenvalue weighted by Crippen LogP contribution is 2.20. The van der Waals surface area contributed by atoms with E-state index in [1.165, 1.54) is 51.7 Å². The lowest BCUT2D eigenvalue weighted by molar-refractivity contribution is 0.0829. The molecule has 3 unspecified atom stereocenters. The molecule has 2 aliphatic rings. The lowest BCUT2D eigenvalue weighted by Crippen LogP contribution is -2.41. The minimum Gasteiger partial charge on any atom is -0.377 e. The third-order valence-corrected chi connectivity index (χ3v) is 4.48. The zero-order valence-electron chi connectivity index (χ0n) is 12.2. The van der Waals surface area contributed by atoms with Crippen LogP contribution in [0.1, 0.15) is 46.0 Å². The fourth-order valence-electron chi connectivity index (χ4n) is 3.34. The van der Waals surface area contributed by atoms with Gasteiger partial charge in [-0.2, -0.15) is 0 Å². The molecule has 2 saturated heterocycles. The second kappa shape index (κ2) is 7.46. The maximum atomic E-state index is 5.71. The van der Waals surface area contributed by atoms with Crippen molar-refractivity contribution in [1.29, 1.82) is 0 Å². The van der Waals surface area contributed by atoms with Crippen LogP contribution in [-0.2, 0) is 4.74 Å². The summed E-state index contributed by atoms with van der Waals surface area (Å²) in [5.41, 5.74) is 0. The van der Waals surface area contributed by atoms with E-state index in [4.69, 9.17) is 4.74 Å². The molecule has 0 amide bonds. The fraction of sp³-hybridized carbons (Fsp3) is 1.00. The molecule has 106 valence electrons. The highest BCUT2D eigenvalue weighted by Gasteiger charge is 2.23. The molecule has 18 heavy (non-hydrogen) atoms. The highest BCUT2D eigenvalue weighted by atomic mass is 16.5. The Morgan fingerprint density at radius 1 is 1.39 bits per heavy atom. The molecule has 0 bridgehead atoms. The predicted molar refractivity (Wildman–Crippen MR) is 75.9 cm³/mol. The van der Waals surface area contributed by atoms with E-state index in [2.05, 4.69) is 24.1 Å². The summed E-state index contributed by atoms with van der Waals surface area (Å²) in [6.07, 6.45) is 7.09. The van der Waals surface area contributed by atoms with Crippen LogP contribution in [0.15, 0.2) is 0 Å². The second-order valence-corrected chi connectivity index (χ2v) is 6.04. The van der Waals surface area contributed by atoms with E-state index in [0.717, 1.165) is 19.1 Å². The molecule has 0 aromatic heterocycles. The summed E-state index contributed by atoms with van der Waals surface area (Å²) in [5, 5.41) is 3.63. The van der Waals surface area contributed by atoms with E-state index in [1.54, 1.807) is 0 Å². The fourth-order valence-corrected chi connectivity index (χ4v) is 3.34. The molecular weight excluding hydrogens is 224 g/mol. The van der Waals surface area contributed by atoms with Crippen molar-refractivity contribution in [2.45, 2.75) is 58.1 Å². The summed E-state index contributed by atoms with van der Waals surface area (Å²) < 4.78 is 5.71. The quantitative estimate of drug-likeness (QED) is 0.754. The molecule has 0 saturated carbocycles. The molecule has 0 aliphatic carbocycles. The number of ether oxygens (including phenoxy) is 1. The van der Waals surface area contributed by atoms with Crippen molar-refractivity contribution in [2.24, 2.45) is 5.92 Å². The van der Waals surface area contributed by atoms with Crippen LogP contribution in [0.25, 0.3) is 0 Å². The molecular formula is C15H30N2O. The van der Waals surface area contributed by atoms with Crippen LogP contribution in [0.4, 0.5) is 0 Å². The zero-order chi connectivity index (χ0) is 12.8. The van der Waals surface area contributed by atoms with E-state index in [0.29, 0.717) is 12.1 Å². The predicted octanol–water partition coefficient (Wildman–Crippen LogP) is 2.27. The molecule has 3 atom stereocenters. The van der Waals surface area contributed by atoms with Gasteiger partial charge in [0.2, 0.25) is 0 Å². The molecule has 3 heteroatoms. The van der Waals surface area contributed by atoms with Crippen LogP contribution in [0.2, 0.25) is 0 Å². The molecule has 2 aliphatic heterocycles. The van der Waals surface area contributed by atoms with E-state index in [1.807, 2.05) is 0 Å². The van der Waals surface area contributed by atoms with Gasteiger partial charge in [-0.15, -0.1) is 0 Å². The van der Waals surface area contributed by atoms with Gasteiger partial charge in [0.25, 0.3) is 0 Å². The Morgan fingerprint density at radius 2 is 2.28 bits per heavy atom. The average Bonchev–Trinajstić information content (AvgIpc) is 3.00. The van der Waals surface area contributed by atoms with Crippen molar-refractivity contribution in [1.82, 2.24) is 10.2 Å². The van der Waals surface area contributed by atoms with Gasteiger partial charge in [-0.3, -0.25) is 0 Å². The zero-order valence-corrected chi connectivity index (χ0v) is 12.2.